The second-order valence-electron chi connectivity index (χ2n) is 7.36. The molecule has 8 heteroatoms. The van der Waals surface area contributed by atoms with Crippen molar-refractivity contribution in [3.63, 3.8) is 0 Å². The number of fused-ring (bicyclic) bond motifs is 1. The minimum atomic E-state index is -0.408. The van der Waals surface area contributed by atoms with Crippen LogP contribution in [0.5, 0.6) is 0 Å². The quantitative estimate of drug-likeness (QED) is 0.641. The molecule has 0 aliphatic carbocycles. The van der Waals surface area contributed by atoms with Gasteiger partial charge in [0.15, 0.2) is 5.84 Å². The van der Waals surface area contributed by atoms with Crippen molar-refractivity contribution in [1.82, 2.24) is 9.58 Å². The first-order valence-corrected chi connectivity index (χ1v) is 10.9. The number of amides is 1. The van der Waals surface area contributed by atoms with Crippen LogP contribution in [0.15, 0.2) is 39.9 Å². The maximum absolute atomic E-state index is 12.7. The average molecular weight is 440 g/mol. The Morgan fingerprint density at radius 1 is 1.23 bits per heavy atom. The van der Waals surface area contributed by atoms with Crippen LogP contribution in [0.25, 0.3) is 11.8 Å². The number of hydrogen-bond acceptors (Lipinski definition) is 4. The van der Waals surface area contributed by atoms with E-state index >= 15 is 0 Å². The summed E-state index contributed by atoms with van der Waals surface area (Å²) in [5, 5.41) is 16.5. The summed E-state index contributed by atoms with van der Waals surface area (Å²) in [6.45, 7) is 8.03. The third-order valence-electron chi connectivity index (χ3n) is 5.14. The molecule has 2 aromatic rings. The molecule has 0 spiro atoms. The number of aromatic nitrogens is 1. The first kappa shape index (κ1) is 20.6. The minimum Gasteiger partial charge on any atom is -0.318 e. The molecule has 3 heterocycles. The van der Waals surface area contributed by atoms with E-state index in [0.717, 1.165) is 46.1 Å². The van der Waals surface area contributed by atoms with Gasteiger partial charge in [-0.15, -0.1) is 0 Å². The number of hydrogen-bond donors (Lipinski definition) is 1. The molecule has 154 valence electrons. The highest BCUT2D eigenvalue weighted by Gasteiger charge is 2.35. The first-order chi connectivity index (χ1) is 14.3. The number of carbonyl (C=O) groups excluding carboxylic acids is 1. The van der Waals surface area contributed by atoms with Gasteiger partial charge in [-0.05, 0) is 80.8 Å². The van der Waals surface area contributed by atoms with Crippen molar-refractivity contribution in [2.45, 2.75) is 40.5 Å². The van der Waals surface area contributed by atoms with Crippen LogP contribution < -0.4 is 0 Å². The zero-order chi connectivity index (χ0) is 21.6. The largest absolute Gasteiger partial charge is 0.318 e. The maximum atomic E-state index is 12.7. The fraction of sp³-hybridized carbons (Fsp3) is 0.273. The lowest BCUT2D eigenvalue weighted by atomic mass is 10.1. The zero-order valence-electron chi connectivity index (χ0n) is 17.3. The predicted octanol–water partition coefficient (Wildman–Crippen LogP) is 5.48. The minimum absolute atomic E-state index is 0.0618. The fourth-order valence-corrected chi connectivity index (χ4v) is 4.72. The molecule has 4 rings (SSSR count). The Kier molecular flexibility index (Phi) is 5.42. The second kappa shape index (κ2) is 7.89. The smallest absolute Gasteiger partial charge is 0.283 e. The SMILES string of the molecule is CCCC1=NN2C(=N)/C(=C\c3cc(C)n(-c4ccc(C)c(Cl)c4)c3C)C(=O)N=C2S1. The lowest BCUT2D eigenvalue weighted by Crippen LogP contribution is -2.35. The van der Waals surface area contributed by atoms with Crippen LogP contribution in [0.1, 0.15) is 42.3 Å². The van der Waals surface area contributed by atoms with Gasteiger partial charge in [-0.2, -0.15) is 15.1 Å². The van der Waals surface area contributed by atoms with E-state index in [9.17, 15) is 4.79 Å². The van der Waals surface area contributed by atoms with E-state index < -0.39 is 5.91 Å². The van der Waals surface area contributed by atoms with Gasteiger partial charge in [0.1, 0.15) is 5.04 Å². The highest BCUT2D eigenvalue weighted by molar-refractivity contribution is 8.26. The van der Waals surface area contributed by atoms with Gasteiger partial charge in [0.05, 0.1) is 5.57 Å². The molecular formula is C22H22ClN5OS. The number of aliphatic imine (C=N–C) groups is 1. The summed E-state index contributed by atoms with van der Waals surface area (Å²) in [5.74, 6) is -0.346. The van der Waals surface area contributed by atoms with Crippen molar-refractivity contribution in [3.8, 4) is 5.69 Å². The molecule has 0 bridgehead atoms. The average Bonchev–Trinajstić information content (AvgIpc) is 3.21. The lowest BCUT2D eigenvalue weighted by molar-refractivity contribution is -0.114. The third-order valence-corrected chi connectivity index (χ3v) is 6.52. The van der Waals surface area contributed by atoms with Crippen molar-refractivity contribution in [1.29, 1.82) is 5.41 Å². The van der Waals surface area contributed by atoms with Crippen molar-refractivity contribution >= 4 is 51.4 Å². The first-order valence-electron chi connectivity index (χ1n) is 9.74. The fourth-order valence-electron chi connectivity index (χ4n) is 3.55. The molecule has 1 aromatic heterocycles. The van der Waals surface area contributed by atoms with E-state index in [0.29, 0.717) is 10.2 Å². The summed E-state index contributed by atoms with van der Waals surface area (Å²) in [4.78, 5) is 16.8. The normalized spacial score (nSPS) is 17.5. The summed E-state index contributed by atoms with van der Waals surface area (Å²) in [6, 6.07) is 7.94. The number of carbonyl (C=O) groups is 1. The number of hydrazone groups is 1. The van der Waals surface area contributed by atoms with Gasteiger partial charge >= 0.3 is 0 Å². The molecule has 2 aliphatic rings. The van der Waals surface area contributed by atoms with Crippen LogP contribution in [0.2, 0.25) is 5.02 Å². The molecule has 1 amide bonds. The van der Waals surface area contributed by atoms with Crippen LogP contribution in [0, 0.1) is 26.2 Å². The predicted molar refractivity (Wildman–Crippen MR) is 125 cm³/mol. The molecule has 0 unspecified atom stereocenters. The molecule has 30 heavy (non-hydrogen) atoms. The number of aryl methyl sites for hydroxylation is 2. The van der Waals surface area contributed by atoms with Gasteiger partial charge in [0, 0.05) is 22.1 Å². The molecule has 0 saturated carbocycles. The molecule has 1 N–H and O–H groups in total. The molecule has 0 fully saturated rings. The van der Waals surface area contributed by atoms with E-state index in [1.165, 1.54) is 16.8 Å². The standard InChI is InChI=1S/C22H22ClN5OS/c1-5-6-19-26-28-20(24)17(21(29)25-22(28)30-19)10-15-9-13(3)27(14(15)4)16-8-7-12(2)18(23)11-16/h7-11,24H,5-6H2,1-4H3/b17-10+,24-20?. The Morgan fingerprint density at radius 3 is 2.70 bits per heavy atom. The summed E-state index contributed by atoms with van der Waals surface area (Å²) in [5.41, 5.74) is 5.05. The number of benzene rings is 1. The van der Waals surface area contributed by atoms with Crippen LogP contribution in [0.4, 0.5) is 0 Å². The highest BCUT2D eigenvalue weighted by atomic mass is 35.5. The number of amidine groups is 2. The Hall–Kier alpha value is -2.64. The van der Waals surface area contributed by atoms with Crippen molar-refractivity contribution in [2.75, 3.05) is 0 Å². The monoisotopic (exact) mass is 439 g/mol. The topological polar surface area (TPSA) is 73.8 Å². The van der Waals surface area contributed by atoms with E-state index in [-0.39, 0.29) is 11.4 Å². The zero-order valence-corrected chi connectivity index (χ0v) is 18.9. The molecule has 2 aliphatic heterocycles. The Morgan fingerprint density at radius 2 is 2.00 bits per heavy atom. The number of nitrogens with one attached hydrogen (secondary N) is 1. The van der Waals surface area contributed by atoms with Crippen molar-refractivity contribution in [3.05, 3.63) is 57.4 Å². The number of rotatable bonds is 4. The summed E-state index contributed by atoms with van der Waals surface area (Å²) < 4.78 is 2.09. The Balaban J connectivity index is 1.73. The van der Waals surface area contributed by atoms with E-state index in [1.807, 2.05) is 45.0 Å². The summed E-state index contributed by atoms with van der Waals surface area (Å²) in [6.07, 6.45) is 3.49. The number of thioether (sulfide) groups is 1. The molecular weight excluding hydrogens is 418 g/mol. The Bertz CT molecular complexity index is 1170. The van der Waals surface area contributed by atoms with E-state index in [1.54, 1.807) is 6.08 Å². The molecule has 0 saturated heterocycles. The summed E-state index contributed by atoms with van der Waals surface area (Å²) >= 11 is 7.69. The molecule has 6 nitrogen and oxygen atoms in total. The van der Waals surface area contributed by atoms with Crippen LogP contribution in [0.3, 0.4) is 0 Å². The number of nitrogens with zero attached hydrogens (tertiary/aromatic N) is 4. The van der Waals surface area contributed by atoms with Gasteiger partial charge < -0.3 is 4.57 Å². The number of halogens is 1. The Labute approximate surface area is 184 Å². The second-order valence-corrected chi connectivity index (χ2v) is 8.81. The molecule has 0 radical (unpaired) electrons. The van der Waals surface area contributed by atoms with Gasteiger partial charge in [-0.25, -0.2) is 0 Å². The van der Waals surface area contributed by atoms with Crippen LogP contribution >= 0.6 is 23.4 Å². The summed E-state index contributed by atoms with van der Waals surface area (Å²) in [7, 11) is 0. The van der Waals surface area contributed by atoms with E-state index in [2.05, 4.69) is 21.6 Å². The third kappa shape index (κ3) is 3.52. The van der Waals surface area contributed by atoms with Gasteiger partial charge in [-0.3, -0.25) is 10.2 Å². The van der Waals surface area contributed by atoms with Gasteiger partial charge in [0.25, 0.3) is 5.91 Å². The maximum Gasteiger partial charge on any atom is 0.283 e. The van der Waals surface area contributed by atoms with Crippen molar-refractivity contribution < 1.29 is 4.79 Å². The van der Waals surface area contributed by atoms with Crippen LogP contribution in [-0.2, 0) is 4.79 Å². The lowest BCUT2D eigenvalue weighted by Gasteiger charge is -2.20. The molecule has 0 atom stereocenters. The van der Waals surface area contributed by atoms with Crippen molar-refractivity contribution in [2.24, 2.45) is 10.1 Å². The highest BCUT2D eigenvalue weighted by Crippen LogP contribution is 2.31. The van der Waals surface area contributed by atoms with Gasteiger partial charge in [-0.1, -0.05) is 24.6 Å². The molecule has 1 aromatic carbocycles. The van der Waals surface area contributed by atoms with Crippen LogP contribution in [-0.4, -0.2) is 31.5 Å². The van der Waals surface area contributed by atoms with Gasteiger partial charge in [0.2, 0.25) is 5.17 Å². The van der Waals surface area contributed by atoms with E-state index in [4.69, 9.17) is 17.0 Å².